The average molecular weight is 229 g/mol. The molecule has 0 aromatic heterocycles. The van der Waals surface area contributed by atoms with Crippen molar-refractivity contribution in [2.75, 3.05) is 0 Å². The molecule has 0 amide bonds. The Morgan fingerprint density at radius 3 is 2.71 bits per heavy atom. The Morgan fingerprint density at radius 2 is 2.07 bits per heavy atom. The summed E-state index contributed by atoms with van der Waals surface area (Å²) in [6.45, 7) is 0. The first-order chi connectivity index (χ1) is 6.77. The Balaban J connectivity index is 2.07. The van der Waals surface area contributed by atoms with Crippen LogP contribution in [0.5, 0.6) is 0 Å². The van der Waals surface area contributed by atoms with Gasteiger partial charge in [-0.1, -0.05) is 23.7 Å². The summed E-state index contributed by atoms with van der Waals surface area (Å²) in [5.74, 6) is 0. The van der Waals surface area contributed by atoms with E-state index in [4.69, 9.17) is 11.6 Å². The van der Waals surface area contributed by atoms with E-state index in [2.05, 4.69) is 0 Å². The molecule has 1 fully saturated rings. The number of halogens is 1. The molecule has 1 nitrogen and oxygen atoms in total. The highest BCUT2D eigenvalue weighted by atomic mass is 35.5. The molecule has 0 spiro atoms. The van der Waals surface area contributed by atoms with Gasteiger partial charge in [0.05, 0.1) is 11.1 Å². The third kappa shape index (κ3) is 2.25. The van der Waals surface area contributed by atoms with Gasteiger partial charge in [0.1, 0.15) is 0 Å². The molecule has 0 saturated heterocycles. The van der Waals surface area contributed by atoms with E-state index in [1.54, 1.807) is 11.8 Å². The van der Waals surface area contributed by atoms with Crippen LogP contribution in [0.25, 0.3) is 0 Å². The molecule has 0 radical (unpaired) electrons. The molecule has 1 saturated carbocycles. The Bertz CT molecular complexity index is 316. The minimum atomic E-state index is -0.156. The molecule has 1 N–H and O–H groups in total. The van der Waals surface area contributed by atoms with Crippen LogP contribution in [-0.4, -0.2) is 16.5 Å². The standard InChI is InChI=1S/C11H13ClOS/c12-8-4-1-2-6-10(8)14-11-7-3-5-9(11)13/h1-2,4,6,9,11,13H,3,5,7H2. The van der Waals surface area contributed by atoms with Crippen LogP contribution in [0.2, 0.25) is 5.02 Å². The minimum absolute atomic E-state index is 0.156. The summed E-state index contributed by atoms with van der Waals surface area (Å²) in [5.41, 5.74) is 0. The van der Waals surface area contributed by atoms with Crippen LogP contribution in [-0.2, 0) is 0 Å². The molecule has 1 aliphatic carbocycles. The van der Waals surface area contributed by atoms with Crippen molar-refractivity contribution in [1.29, 1.82) is 0 Å². The summed E-state index contributed by atoms with van der Waals surface area (Å²) < 4.78 is 0. The van der Waals surface area contributed by atoms with Gasteiger partial charge in [0.15, 0.2) is 0 Å². The van der Waals surface area contributed by atoms with Crippen LogP contribution in [0.15, 0.2) is 29.2 Å². The van der Waals surface area contributed by atoms with Crippen LogP contribution in [0.4, 0.5) is 0 Å². The maximum Gasteiger partial charge on any atom is 0.0662 e. The van der Waals surface area contributed by atoms with Gasteiger partial charge >= 0.3 is 0 Å². The third-order valence-corrected chi connectivity index (χ3v) is 4.44. The molecule has 0 bridgehead atoms. The van der Waals surface area contributed by atoms with E-state index < -0.39 is 0 Å². The summed E-state index contributed by atoms with van der Waals surface area (Å²) in [5, 5.41) is 10.8. The van der Waals surface area contributed by atoms with Crippen molar-refractivity contribution in [2.24, 2.45) is 0 Å². The van der Waals surface area contributed by atoms with E-state index in [0.29, 0.717) is 5.25 Å². The lowest BCUT2D eigenvalue weighted by molar-refractivity contribution is 0.188. The normalized spacial score (nSPS) is 26.7. The molecule has 0 aliphatic heterocycles. The monoisotopic (exact) mass is 228 g/mol. The fourth-order valence-corrected chi connectivity index (χ4v) is 3.26. The molecule has 1 aromatic rings. The molecule has 1 aliphatic rings. The molecule has 2 rings (SSSR count). The predicted octanol–water partition coefficient (Wildman–Crippen LogP) is 3.35. The Morgan fingerprint density at radius 1 is 1.29 bits per heavy atom. The minimum Gasteiger partial charge on any atom is -0.392 e. The number of aliphatic hydroxyl groups excluding tert-OH is 1. The van der Waals surface area contributed by atoms with Gasteiger partial charge in [0.25, 0.3) is 0 Å². The summed E-state index contributed by atoms with van der Waals surface area (Å²) >= 11 is 7.75. The van der Waals surface area contributed by atoms with Crippen molar-refractivity contribution in [3.8, 4) is 0 Å². The van der Waals surface area contributed by atoms with Gasteiger partial charge in [-0.15, -0.1) is 11.8 Å². The zero-order chi connectivity index (χ0) is 9.97. The number of thioether (sulfide) groups is 1. The summed E-state index contributed by atoms with van der Waals surface area (Å²) in [4.78, 5) is 1.08. The second-order valence-corrected chi connectivity index (χ2v) is 5.27. The van der Waals surface area contributed by atoms with Crippen molar-refractivity contribution < 1.29 is 5.11 Å². The molecule has 14 heavy (non-hydrogen) atoms. The Labute approximate surface area is 93.5 Å². The van der Waals surface area contributed by atoms with Crippen molar-refractivity contribution in [3.63, 3.8) is 0 Å². The van der Waals surface area contributed by atoms with Gasteiger partial charge in [-0.3, -0.25) is 0 Å². The van der Waals surface area contributed by atoms with E-state index in [9.17, 15) is 5.11 Å². The first kappa shape index (κ1) is 10.3. The van der Waals surface area contributed by atoms with Crippen LogP contribution in [0.3, 0.4) is 0 Å². The number of aliphatic hydroxyl groups is 1. The average Bonchev–Trinajstić information content (AvgIpc) is 2.56. The number of hydrogen-bond donors (Lipinski definition) is 1. The summed E-state index contributed by atoms with van der Waals surface area (Å²) in [7, 11) is 0. The molecule has 2 unspecified atom stereocenters. The zero-order valence-electron chi connectivity index (χ0n) is 7.82. The maximum absolute atomic E-state index is 9.68. The van der Waals surface area contributed by atoms with E-state index >= 15 is 0 Å². The van der Waals surface area contributed by atoms with Gasteiger partial charge in [-0.25, -0.2) is 0 Å². The molecule has 0 heterocycles. The van der Waals surface area contributed by atoms with Gasteiger partial charge in [-0.05, 0) is 31.4 Å². The fourth-order valence-electron chi connectivity index (χ4n) is 1.75. The Hall–Kier alpha value is -0.180. The van der Waals surface area contributed by atoms with Crippen molar-refractivity contribution in [3.05, 3.63) is 29.3 Å². The lowest BCUT2D eigenvalue weighted by Gasteiger charge is -2.14. The maximum atomic E-state index is 9.68. The third-order valence-electron chi connectivity index (χ3n) is 2.53. The van der Waals surface area contributed by atoms with Crippen LogP contribution in [0.1, 0.15) is 19.3 Å². The molecule has 2 atom stereocenters. The number of benzene rings is 1. The van der Waals surface area contributed by atoms with E-state index in [1.807, 2.05) is 24.3 Å². The lowest BCUT2D eigenvalue weighted by Crippen LogP contribution is -2.14. The lowest BCUT2D eigenvalue weighted by atomic mass is 10.3. The van der Waals surface area contributed by atoms with Crippen molar-refractivity contribution in [2.45, 2.75) is 35.5 Å². The highest BCUT2D eigenvalue weighted by Gasteiger charge is 2.26. The van der Waals surface area contributed by atoms with Gasteiger partial charge in [-0.2, -0.15) is 0 Å². The zero-order valence-corrected chi connectivity index (χ0v) is 9.39. The Kier molecular flexibility index (Phi) is 3.37. The SMILES string of the molecule is OC1CCCC1Sc1ccccc1Cl. The van der Waals surface area contributed by atoms with Crippen molar-refractivity contribution >= 4 is 23.4 Å². The molecular weight excluding hydrogens is 216 g/mol. The largest absolute Gasteiger partial charge is 0.392 e. The second kappa shape index (κ2) is 4.56. The highest BCUT2D eigenvalue weighted by molar-refractivity contribution is 8.00. The van der Waals surface area contributed by atoms with Gasteiger partial charge < -0.3 is 5.11 Å². The smallest absolute Gasteiger partial charge is 0.0662 e. The number of rotatable bonds is 2. The highest BCUT2D eigenvalue weighted by Crippen LogP contribution is 2.37. The van der Waals surface area contributed by atoms with E-state index in [0.717, 1.165) is 29.2 Å². The number of hydrogen-bond acceptors (Lipinski definition) is 2. The van der Waals surface area contributed by atoms with Crippen molar-refractivity contribution in [1.82, 2.24) is 0 Å². The molecule has 1 aromatic carbocycles. The van der Waals surface area contributed by atoms with E-state index in [1.165, 1.54) is 0 Å². The van der Waals surface area contributed by atoms with Crippen LogP contribution < -0.4 is 0 Å². The topological polar surface area (TPSA) is 20.2 Å². The molecule has 3 heteroatoms. The molecular formula is C11H13ClOS. The summed E-state index contributed by atoms with van der Waals surface area (Å²) in [6, 6.07) is 7.82. The quantitative estimate of drug-likeness (QED) is 0.838. The van der Waals surface area contributed by atoms with Gasteiger partial charge in [0, 0.05) is 10.1 Å². The van der Waals surface area contributed by atoms with Crippen LogP contribution in [0, 0.1) is 0 Å². The van der Waals surface area contributed by atoms with Crippen LogP contribution >= 0.6 is 23.4 Å². The van der Waals surface area contributed by atoms with E-state index in [-0.39, 0.29) is 6.10 Å². The van der Waals surface area contributed by atoms with Gasteiger partial charge in [0.2, 0.25) is 0 Å². The second-order valence-electron chi connectivity index (χ2n) is 3.58. The first-order valence-corrected chi connectivity index (χ1v) is 6.12. The summed E-state index contributed by atoms with van der Waals surface area (Å²) in [6.07, 6.45) is 3.00. The predicted molar refractivity (Wildman–Crippen MR) is 61.0 cm³/mol. The fraction of sp³-hybridized carbons (Fsp3) is 0.455. The molecule has 76 valence electrons. The first-order valence-electron chi connectivity index (χ1n) is 4.86.